The molecule has 1 aliphatic heterocycles. The second kappa shape index (κ2) is 4.66. The number of primary sulfonamides is 1. The van der Waals surface area contributed by atoms with Crippen LogP contribution in [0.25, 0.3) is 0 Å². The van der Waals surface area contributed by atoms with Crippen LogP contribution >= 0.6 is 0 Å². The van der Waals surface area contributed by atoms with Crippen molar-refractivity contribution in [3.63, 3.8) is 0 Å². The highest BCUT2D eigenvalue weighted by atomic mass is 32.2. The monoisotopic (exact) mass is 285 g/mol. The average molecular weight is 285 g/mol. The Kier molecular flexibility index (Phi) is 3.46. The van der Waals surface area contributed by atoms with Gasteiger partial charge in [0.2, 0.25) is 10.0 Å². The first kappa shape index (κ1) is 14.1. The minimum absolute atomic E-state index is 0.0331. The van der Waals surface area contributed by atoms with Gasteiger partial charge in [0, 0.05) is 13.1 Å². The number of nitrogens with two attached hydrogens (primary N) is 2. The van der Waals surface area contributed by atoms with Crippen molar-refractivity contribution in [2.45, 2.75) is 24.3 Å². The van der Waals surface area contributed by atoms with Crippen LogP contribution in [0.2, 0.25) is 0 Å². The Morgan fingerprint density at radius 1 is 1.37 bits per heavy atom. The molecule has 0 amide bonds. The van der Waals surface area contributed by atoms with Crippen LogP contribution in [-0.2, 0) is 14.8 Å². The molecule has 1 aliphatic rings. The van der Waals surface area contributed by atoms with Crippen molar-refractivity contribution in [1.82, 2.24) is 0 Å². The van der Waals surface area contributed by atoms with E-state index in [2.05, 4.69) is 0 Å². The normalized spacial score (nSPS) is 19.4. The van der Waals surface area contributed by atoms with Gasteiger partial charge in [0.05, 0.1) is 23.6 Å². The molecule has 6 nitrogen and oxygen atoms in total. The molecule has 2 rings (SSSR count). The standard InChI is InChI=1S/C12H19N3O3S/c1-12(2)8-15(6-7-18-12)9-4-3-5-10(11(9)13)19(14,16)17/h3-5H,6-8,13H2,1-2H3,(H2,14,16,17). The third-order valence-corrected chi connectivity index (χ3v) is 4.09. The number of benzene rings is 1. The predicted octanol–water partition coefficient (Wildman–Crippen LogP) is 0.531. The van der Waals surface area contributed by atoms with E-state index in [1.165, 1.54) is 6.07 Å². The van der Waals surface area contributed by atoms with Gasteiger partial charge in [-0.3, -0.25) is 0 Å². The van der Waals surface area contributed by atoms with E-state index in [9.17, 15) is 8.42 Å². The smallest absolute Gasteiger partial charge is 0.240 e. The van der Waals surface area contributed by atoms with Crippen molar-refractivity contribution in [2.75, 3.05) is 30.3 Å². The number of sulfonamides is 1. The zero-order valence-corrected chi connectivity index (χ0v) is 11.9. The fourth-order valence-electron chi connectivity index (χ4n) is 2.28. The maximum absolute atomic E-state index is 11.5. The van der Waals surface area contributed by atoms with Gasteiger partial charge in [0.1, 0.15) is 4.90 Å². The first-order valence-electron chi connectivity index (χ1n) is 6.01. The van der Waals surface area contributed by atoms with Gasteiger partial charge < -0.3 is 15.4 Å². The van der Waals surface area contributed by atoms with E-state index in [1.54, 1.807) is 12.1 Å². The number of nitrogens with zero attached hydrogens (tertiary/aromatic N) is 1. The van der Waals surface area contributed by atoms with Crippen molar-refractivity contribution < 1.29 is 13.2 Å². The van der Waals surface area contributed by atoms with Crippen LogP contribution in [0.3, 0.4) is 0 Å². The highest BCUT2D eigenvalue weighted by Gasteiger charge is 2.29. The van der Waals surface area contributed by atoms with Crippen LogP contribution < -0.4 is 15.8 Å². The number of para-hydroxylation sites is 1. The van der Waals surface area contributed by atoms with Gasteiger partial charge >= 0.3 is 0 Å². The molecule has 0 saturated carbocycles. The van der Waals surface area contributed by atoms with Crippen molar-refractivity contribution in [3.8, 4) is 0 Å². The summed E-state index contributed by atoms with van der Waals surface area (Å²) < 4.78 is 28.6. The van der Waals surface area contributed by atoms with E-state index in [1.807, 2.05) is 18.7 Å². The van der Waals surface area contributed by atoms with E-state index in [-0.39, 0.29) is 16.2 Å². The first-order chi connectivity index (χ1) is 8.71. The molecule has 0 spiro atoms. The number of anilines is 2. The summed E-state index contributed by atoms with van der Waals surface area (Å²) in [4.78, 5) is 1.99. The SMILES string of the molecule is CC1(C)CN(c2cccc(S(N)(=O)=O)c2N)CCO1. The first-order valence-corrected chi connectivity index (χ1v) is 7.55. The van der Waals surface area contributed by atoms with Crippen LogP contribution in [0.4, 0.5) is 11.4 Å². The van der Waals surface area contributed by atoms with Crippen LogP contribution in [0, 0.1) is 0 Å². The van der Waals surface area contributed by atoms with Gasteiger partial charge in [-0.2, -0.15) is 0 Å². The molecular weight excluding hydrogens is 266 g/mol. The van der Waals surface area contributed by atoms with E-state index >= 15 is 0 Å². The maximum atomic E-state index is 11.5. The van der Waals surface area contributed by atoms with Crippen molar-refractivity contribution in [3.05, 3.63) is 18.2 Å². The van der Waals surface area contributed by atoms with Crippen molar-refractivity contribution in [1.29, 1.82) is 0 Å². The quantitative estimate of drug-likeness (QED) is 0.772. The molecular formula is C12H19N3O3S. The summed E-state index contributed by atoms with van der Waals surface area (Å²) in [7, 11) is -3.81. The van der Waals surface area contributed by atoms with E-state index in [4.69, 9.17) is 15.6 Å². The molecule has 0 aliphatic carbocycles. The Morgan fingerprint density at radius 2 is 2.05 bits per heavy atom. The Bertz CT molecular complexity index is 584. The topological polar surface area (TPSA) is 98.7 Å². The molecule has 19 heavy (non-hydrogen) atoms. The summed E-state index contributed by atoms with van der Waals surface area (Å²) >= 11 is 0. The number of ether oxygens (including phenoxy) is 1. The molecule has 4 N–H and O–H groups in total. The third kappa shape index (κ3) is 2.99. The molecule has 1 heterocycles. The summed E-state index contributed by atoms with van der Waals surface area (Å²) in [5.41, 5.74) is 6.54. The van der Waals surface area contributed by atoms with Crippen molar-refractivity contribution in [2.24, 2.45) is 5.14 Å². The predicted molar refractivity (Wildman–Crippen MR) is 74.5 cm³/mol. The van der Waals surface area contributed by atoms with E-state index in [0.717, 1.165) is 0 Å². The van der Waals surface area contributed by atoms with Gasteiger partial charge in [-0.1, -0.05) is 6.07 Å². The Hall–Kier alpha value is -1.31. The molecule has 1 aromatic rings. The lowest BCUT2D eigenvalue weighted by atomic mass is 10.1. The molecule has 1 saturated heterocycles. The lowest BCUT2D eigenvalue weighted by Gasteiger charge is -2.40. The number of nitrogen functional groups attached to an aromatic ring is 1. The molecule has 0 unspecified atom stereocenters. The van der Waals surface area contributed by atoms with Gasteiger partial charge in [-0.15, -0.1) is 0 Å². The molecule has 7 heteroatoms. The van der Waals surface area contributed by atoms with Gasteiger partial charge in [0.15, 0.2) is 0 Å². The van der Waals surface area contributed by atoms with E-state index < -0.39 is 10.0 Å². The number of morpholine rings is 1. The Balaban J connectivity index is 2.41. The molecule has 1 aromatic carbocycles. The summed E-state index contributed by atoms with van der Waals surface area (Å²) in [5, 5.41) is 5.16. The Morgan fingerprint density at radius 3 is 2.63 bits per heavy atom. The van der Waals surface area contributed by atoms with Crippen LogP contribution in [0.5, 0.6) is 0 Å². The summed E-state index contributed by atoms with van der Waals surface area (Å²) in [6.45, 7) is 5.86. The zero-order valence-electron chi connectivity index (χ0n) is 11.1. The fourth-order valence-corrected chi connectivity index (χ4v) is 2.96. The van der Waals surface area contributed by atoms with Crippen LogP contribution in [-0.4, -0.2) is 33.7 Å². The fraction of sp³-hybridized carbons (Fsp3) is 0.500. The summed E-state index contributed by atoms with van der Waals surface area (Å²) in [6.07, 6.45) is 0. The van der Waals surface area contributed by atoms with Crippen LogP contribution in [0.1, 0.15) is 13.8 Å². The maximum Gasteiger partial charge on any atom is 0.240 e. The molecule has 0 bridgehead atoms. The second-order valence-corrected chi connectivity index (χ2v) is 6.79. The summed E-state index contributed by atoms with van der Waals surface area (Å²) in [6, 6.07) is 4.86. The van der Waals surface area contributed by atoms with Crippen molar-refractivity contribution >= 4 is 21.4 Å². The summed E-state index contributed by atoms with van der Waals surface area (Å²) in [5.74, 6) is 0. The Labute approximate surface area is 113 Å². The minimum Gasteiger partial charge on any atom is -0.396 e. The number of hydrogen-bond donors (Lipinski definition) is 2. The van der Waals surface area contributed by atoms with Gasteiger partial charge in [0.25, 0.3) is 0 Å². The second-order valence-electron chi connectivity index (χ2n) is 5.26. The highest BCUT2D eigenvalue weighted by Crippen LogP contribution is 2.31. The number of hydrogen-bond acceptors (Lipinski definition) is 5. The lowest BCUT2D eigenvalue weighted by molar-refractivity contribution is -0.0276. The highest BCUT2D eigenvalue weighted by molar-refractivity contribution is 7.89. The van der Waals surface area contributed by atoms with Gasteiger partial charge in [-0.25, -0.2) is 13.6 Å². The van der Waals surface area contributed by atoms with Gasteiger partial charge in [-0.05, 0) is 26.0 Å². The minimum atomic E-state index is -3.81. The zero-order chi connectivity index (χ0) is 14.3. The van der Waals surface area contributed by atoms with Crippen LogP contribution in [0.15, 0.2) is 23.1 Å². The average Bonchev–Trinajstić information content (AvgIpc) is 2.26. The third-order valence-electron chi connectivity index (χ3n) is 3.12. The van der Waals surface area contributed by atoms with E-state index in [0.29, 0.717) is 25.4 Å². The lowest BCUT2D eigenvalue weighted by Crippen LogP contribution is -2.48. The molecule has 0 radical (unpaired) electrons. The number of rotatable bonds is 2. The largest absolute Gasteiger partial charge is 0.396 e. The molecule has 0 atom stereocenters. The molecule has 1 fully saturated rings. The molecule has 106 valence electrons. The molecule has 0 aromatic heterocycles.